The molecule has 10 heteroatoms. The molecule has 3 heterocycles. The predicted molar refractivity (Wildman–Crippen MR) is 97.9 cm³/mol. The first kappa shape index (κ1) is 18.2. The fourth-order valence-electron chi connectivity index (χ4n) is 2.99. The van der Waals surface area contributed by atoms with Crippen LogP contribution >= 0.6 is 11.6 Å². The van der Waals surface area contributed by atoms with Crippen molar-refractivity contribution in [3.05, 3.63) is 74.1 Å². The third kappa shape index (κ3) is 2.75. The van der Waals surface area contributed by atoms with E-state index in [1.807, 2.05) is 0 Å². The largest absolute Gasteiger partial charge is 0.416 e. The van der Waals surface area contributed by atoms with Crippen LogP contribution in [0.4, 0.5) is 13.2 Å². The number of hydrogen-bond acceptors (Lipinski definition) is 4. The van der Waals surface area contributed by atoms with Crippen molar-refractivity contribution in [2.75, 3.05) is 0 Å². The van der Waals surface area contributed by atoms with Gasteiger partial charge in [0.15, 0.2) is 0 Å². The van der Waals surface area contributed by atoms with Crippen LogP contribution < -0.4 is 11.2 Å². The molecule has 28 heavy (non-hydrogen) atoms. The van der Waals surface area contributed by atoms with Crippen LogP contribution in [0.15, 0.2) is 52.2 Å². The lowest BCUT2D eigenvalue weighted by Gasteiger charge is -2.15. The third-order valence-electron chi connectivity index (χ3n) is 4.32. The molecule has 0 spiro atoms. The van der Waals surface area contributed by atoms with Crippen molar-refractivity contribution in [2.45, 2.75) is 6.18 Å². The van der Waals surface area contributed by atoms with E-state index >= 15 is 0 Å². The zero-order valence-electron chi connectivity index (χ0n) is 14.2. The summed E-state index contributed by atoms with van der Waals surface area (Å²) >= 11 is 5.95. The summed E-state index contributed by atoms with van der Waals surface area (Å²) in [6.07, 6.45) is -3.33. The Morgan fingerprint density at radius 3 is 2.57 bits per heavy atom. The molecule has 0 aliphatic carbocycles. The van der Waals surface area contributed by atoms with Crippen LogP contribution in [-0.4, -0.2) is 19.1 Å². The highest BCUT2D eigenvalue weighted by Crippen LogP contribution is 2.31. The van der Waals surface area contributed by atoms with Crippen molar-refractivity contribution in [3.8, 4) is 5.69 Å². The summed E-state index contributed by atoms with van der Waals surface area (Å²) in [4.78, 5) is 33.7. The fraction of sp³-hybridized carbons (Fsp3) is 0.111. The molecule has 1 aromatic carbocycles. The second kappa shape index (κ2) is 6.16. The number of pyridine rings is 2. The van der Waals surface area contributed by atoms with E-state index in [1.54, 1.807) is 6.07 Å². The summed E-state index contributed by atoms with van der Waals surface area (Å²) in [5, 5.41) is 0.118. The van der Waals surface area contributed by atoms with Crippen LogP contribution in [0.3, 0.4) is 0 Å². The second-order valence-electron chi connectivity index (χ2n) is 6.05. The van der Waals surface area contributed by atoms with Gasteiger partial charge in [-0.1, -0.05) is 17.7 Å². The van der Waals surface area contributed by atoms with Gasteiger partial charge in [-0.05, 0) is 30.3 Å². The summed E-state index contributed by atoms with van der Waals surface area (Å²) in [6, 6.07) is 7.29. The molecule has 4 aromatic rings. The zero-order chi connectivity index (χ0) is 20.2. The molecular weight excluding hydrogens is 397 g/mol. The third-order valence-corrected chi connectivity index (χ3v) is 4.53. The van der Waals surface area contributed by atoms with Gasteiger partial charge in [0.1, 0.15) is 10.7 Å². The fourth-order valence-corrected chi connectivity index (χ4v) is 3.13. The van der Waals surface area contributed by atoms with E-state index < -0.39 is 23.0 Å². The van der Waals surface area contributed by atoms with Crippen LogP contribution in [0, 0.1) is 0 Å². The van der Waals surface area contributed by atoms with E-state index in [-0.39, 0.29) is 27.3 Å². The number of hydrogen-bond donors (Lipinski definition) is 0. The van der Waals surface area contributed by atoms with Gasteiger partial charge in [0, 0.05) is 13.2 Å². The number of nitrogens with zero attached hydrogens (tertiary/aromatic N) is 4. The normalized spacial score (nSPS) is 12.0. The average Bonchev–Trinajstić information content (AvgIpc) is 2.66. The molecule has 6 nitrogen and oxygen atoms in total. The maximum Gasteiger partial charge on any atom is 0.416 e. The smallest absolute Gasteiger partial charge is 0.268 e. The van der Waals surface area contributed by atoms with Crippen molar-refractivity contribution in [1.29, 1.82) is 0 Å². The molecule has 4 rings (SSSR count). The Kier molecular flexibility index (Phi) is 4.00. The summed E-state index contributed by atoms with van der Waals surface area (Å²) in [7, 11) is 1.24. The minimum absolute atomic E-state index is 0.0294. The topological polar surface area (TPSA) is 69.8 Å². The van der Waals surface area contributed by atoms with Gasteiger partial charge in [-0.15, -0.1) is 0 Å². The van der Waals surface area contributed by atoms with E-state index in [0.29, 0.717) is 5.52 Å². The Morgan fingerprint density at radius 2 is 1.86 bits per heavy atom. The maximum atomic E-state index is 13.2. The first-order chi connectivity index (χ1) is 13.2. The number of rotatable bonds is 1. The van der Waals surface area contributed by atoms with E-state index in [4.69, 9.17) is 11.6 Å². The zero-order valence-corrected chi connectivity index (χ0v) is 14.9. The van der Waals surface area contributed by atoms with Gasteiger partial charge in [-0.25, -0.2) is 9.78 Å². The van der Waals surface area contributed by atoms with E-state index in [2.05, 4.69) is 9.97 Å². The van der Waals surface area contributed by atoms with E-state index in [0.717, 1.165) is 21.3 Å². The number of benzene rings is 1. The predicted octanol–water partition coefficient (Wildman–Crippen LogP) is 3.30. The highest BCUT2D eigenvalue weighted by molar-refractivity contribution is 6.30. The maximum absolute atomic E-state index is 13.2. The molecular formula is C18H10ClF3N4O2. The molecule has 0 fully saturated rings. The highest BCUT2D eigenvalue weighted by atomic mass is 35.5. The summed E-state index contributed by atoms with van der Waals surface area (Å²) in [6.45, 7) is 0. The molecule has 0 saturated carbocycles. The van der Waals surface area contributed by atoms with Crippen molar-refractivity contribution in [1.82, 2.24) is 19.1 Å². The molecule has 0 amide bonds. The molecule has 0 radical (unpaired) electrons. The molecule has 0 aliphatic heterocycles. The van der Waals surface area contributed by atoms with Gasteiger partial charge in [-0.3, -0.25) is 18.9 Å². The van der Waals surface area contributed by atoms with Gasteiger partial charge in [0.25, 0.3) is 5.56 Å². The molecule has 0 N–H and O–H groups in total. The second-order valence-corrected chi connectivity index (χ2v) is 6.44. The van der Waals surface area contributed by atoms with Crippen molar-refractivity contribution >= 4 is 33.5 Å². The molecule has 0 saturated heterocycles. The van der Waals surface area contributed by atoms with Gasteiger partial charge in [0.2, 0.25) is 0 Å². The first-order valence-electron chi connectivity index (χ1n) is 7.93. The lowest BCUT2D eigenvalue weighted by atomic mass is 10.1. The van der Waals surface area contributed by atoms with Crippen LogP contribution in [0.2, 0.25) is 5.15 Å². The Morgan fingerprint density at radius 1 is 1.11 bits per heavy atom. The Bertz CT molecular complexity index is 1380. The van der Waals surface area contributed by atoms with Crippen LogP contribution in [0.5, 0.6) is 0 Å². The Labute approximate surface area is 159 Å². The molecule has 0 atom stereocenters. The number of alkyl halides is 3. The van der Waals surface area contributed by atoms with Crippen LogP contribution in [0.25, 0.3) is 27.6 Å². The van der Waals surface area contributed by atoms with E-state index in [1.165, 1.54) is 31.4 Å². The molecule has 0 aliphatic rings. The van der Waals surface area contributed by atoms with Gasteiger partial charge in [-0.2, -0.15) is 13.2 Å². The summed E-state index contributed by atoms with van der Waals surface area (Å²) in [5.74, 6) is 0. The highest BCUT2D eigenvalue weighted by Gasteiger charge is 2.31. The molecule has 0 bridgehead atoms. The Balaban J connectivity index is 2.24. The van der Waals surface area contributed by atoms with Crippen molar-refractivity contribution < 1.29 is 13.2 Å². The lowest BCUT2D eigenvalue weighted by Crippen LogP contribution is -2.37. The van der Waals surface area contributed by atoms with Gasteiger partial charge >= 0.3 is 11.9 Å². The average molecular weight is 407 g/mol. The summed E-state index contributed by atoms with van der Waals surface area (Å²) in [5.41, 5.74) is -1.93. The lowest BCUT2D eigenvalue weighted by molar-refractivity contribution is -0.137. The number of aromatic nitrogens is 4. The molecule has 142 valence electrons. The van der Waals surface area contributed by atoms with E-state index in [9.17, 15) is 22.8 Å². The molecule has 0 unspecified atom stereocenters. The molecule has 3 aromatic heterocycles. The van der Waals surface area contributed by atoms with Gasteiger partial charge < -0.3 is 0 Å². The number of fused-ring (bicyclic) bond motifs is 3. The monoisotopic (exact) mass is 406 g/mol. The van der Waals surface area contributed by atoms with Gasteiger partial charge in [0.05, 0.1) is 27.7 Å². The standard InChI is InChI=1S/C18H10ClF3N4O2/c1-25-16(27)11-8-23-12-5-6-13(19)24-14(12)15(11)26(17(25)28)10-4-2-3-9(7-10)18(20,21)22/h2-8H,1H3. The van der Waals surface area contributed by atoms with Crippen LogP contribution in [0.1, 0.15) is 5.56 Å². The minimum atomic E-state index is -4.60. The SMILES string of the molecule is Cn1c(=O)c2cnc3ccc(Cl)nc3c2n(-c2cccc(C(F)(F)F)c2)c1=O. The quantitative estimate of drug-likeness (QED) is 0.359. The summed E-state index contributed by atoms with van der Waals surface area (Å²) < 4.78 is 41.3. The van der Waals surface area contributed by atoms with Crippen LogP contribution in [-0.2, 0) is 13.2 Å². The number of halogens is 4. The first-order valence-corrected chi connectivity index (χ1v) is 8.31. The van der Waals surface area contributed by atoms with Crippen molar-refractivity contribution in [2.24, 2.45) is 7.05 Å². The minimum Gasteiger partial charge on any atom is -0.268 e. The Hall–Kier alpha value is -3.20. The van der Waals surface area contributed by atoms with Crippen molar-refractivity contribution in [3.63, 3.8) is 0 Å².